The predicted octanol–water partition coefficient (Wildman–Crippen LogP) is 3.96. The van der Waals surface area contributed by atoms with Crippen LogP contribution in [0.2, 0.25) is 0 Å². The number of methoxy groups -OCH3 is 2. The van der Waals surface area contributed by atoms with Crippen LogP contribution in [-0.4, -0.2) is 58.4 Å². The van der Waals surface area contributed by atoms with Crippen molar-refractivity contribution in [2.75, 3.05) is 14.2 Å². The predicted molar refractivity (Wildman–Crippen MR) is 152 cm³/mol. The van der Waals surface area contributed by atoms with Gasteiger partial charge in [-0.15, -0.1) is 0 Å². The molecule has 0 bridgehead atoms. The van der Waals surface area contributed by atoms with Gasteiger partial charge in [0.25, 0.3) is 0 Å². The monoisotopic (exact) mass is 561 g/mol. The summed E-state index contributed by atoms with van der Waals surface area (Å²) in [5.41, 5.74) is 1.47. The van der Waals surface area contributed by atoms with Crippen LogP contribution in [0, 0.1) is 5.92 Å². The molecule has 10 nitrogen and oxygen atoms in total. The van der Waals surface area contributed by atoms with Gasteiger partial charge >= 0.3 is 5.97 Å². The number of hydrogen-bond donors (Lipinski definition) is 5. The number of ether oxygens (including phenoxy) is 2. The van der Waals surface area contributed by atoms with E-state index < -0.39 is 35.7 Å². The number of ketones is 2. The molecule has 5 N–H and O–H groups in total. The zero-order valence-electron chi connectivity index (χ0n) is 22.6. The lowest BCUT2D eigenvalue weighted by Crippen LogP contribution is -2.40. The number of phenolic OH excluding ortho intramolecular Hbond substituents is 2. The summed E-state index contributed by atoms with van der Waals surface area (Å²) in [4.78, 5) is 38.6. The largest absolute Gasteiger partial charge is 0.504 e. The van der Waals surface area contributed by atoms with Crippen molar-refractivity contribution >= 4 is 29.7 Å². The smallest absolute Gasteiger partial charge is 0.335 e. The fraction of sp³-hybridized carbons (Fsp3) is 0.194. The molecule has 0 saturated carbocycles. The summed E-state index contributed by atoms with van der Waals surface area (Å²) in [5, 5.41) is 42.0. The minimum Gasteiger partial charge on any atom is -0.504 e. The van der Waals surface area contributed by atoms with Gasteiger partial charge in [0.15, 0.2) is 34.6 Å². The topological polar surface area (TPSA) is 163 Å². The van der Waals surface area contributed by atoms with Gasteiger partial charge in [0.2, 0.25) is 0 Å². The number of carbonyl (C=O) groups excluding carboxylic acids is 2. The van der Waals surface area contributed by atoms with Gasteiger partial charge in [0, 0.05) is 0 Å². The molecule has 2 unspecified atom stereocenters. The molecule has 0 aliphatic rings. The molecule has 3 aromatic rings. The Morgan fingerprint density at radius 3 is 1.63 bits per heavy atom. The van der Waals surface area contributed by atoms with E-state index >= 15 is 0 Å². The van der Waals surface area contributed by atoms with Crippen LogP contribution in [0.1, 0.15) is 40.0 Å². The maximum atomic E-state index is 13.6. The molecule has 10 heteroatoms. The van der Waals surface area contributed by atoms with Gasteiger partial charge in [-0.25, -0.2) is 4.79 Å². The first-order chi connectivity index (χ1) is 19.5. The molecule has 3 aromatic carbocycles. The molecule has 0 aliphatic heterocycles. The second kappa shape index (κ2) is 13.9. The fourth-order valence-electron chi connectivity index (χ4n) is 4.11. The Labute approximate surface area is 236 Å². The minimum absolute atomic E-state index is 0.0149. The van der Waals surface area contributed by atoms with Crippen molar-refractivity contribution < 1.29 is 44.3 Å². The molecule has 0 radical (unpaired) electrons. The van der Waals surface area contributed by atoms with Crippen molar-refractivity contribution in [1.29, 1.82) is 0 Å². The average molecular weight is 562 g/mol. The fourth-order valence-corrected chi connectivity index (χ4v) is 4.11. The van der Waals surface area contributed by atoms with Gasteiger partial charge in [0.1, 0.15) is 12.1 Å². The zero-order chi connectivity index (χ0) is 30.1. The highest BCUT2D eigenvalue weighted by Crippen LogP contribution is 2.30. The highest BCUT2D eigenvalue weighted by molar-refractivity contribution is 6.14. The summed E-state index contributed by atoms with van der Waals surface area (Å²) in [6.07, 6.45) is 4.23. The van der Waals surface area contributed by atoms with E-state index in [-0.39, 0.29) is 28.6 Å². The number of carboxylic acid groups (broad SMARTS) is 1. The van der Waals surface area contributed by atoms with E-state index in [2.05, 4.69) is 5.32 Å². The number of nitrogens with one attached hydrogen (secondary N) is 1. The van der Waals surface area contributed by atoms with E-state index in [1.54, 1.807) is 12.1 Å². The van der Waals surface area contributed by atoms with Crippen LogP contribution < -0.4 is 14.8 Å². The molecule has 3 rings (SSSR count). The number of phenols is 2. The van der Waals surface area contributed by atoms with Gasteiger partial charge in [-0.1, -0.05) is 36.4 Å². The molecule has 41 heavy (non-hydrogen) atoms. The highest BCUT2D eigenvalue weighted by atomic mass is 16.5. The Morgan fingerprint density at radius 2 is 1.24 bits per heavy atom. The van der Waals surface area contributed by atoms with Crippen LogP contribution in [0.25, 0.3) is 12.2 Å². The standard InChI is InChI=1S/C31H31NO9/c1-18(33)32-30(21-8-10-22(11-9-21)31(38)39)29(25(36)14-6-19-4-12-23(34)27(16-19)40-2)26(37)15-7-20-5-13-24(35)28(17-20)41-3/h4-18,29-30,32-35H,1-3H3,(H,38,39). The van der Waals surface area contributed by atoms with E-state index in [4.69, 9.17) is 9.47 Å². The number of carbonyl (C=O) groups is 3. The van der Waals surface area contributed by atoms with Crippen LogP contribution in [0.3, 0.4) is 0 Å². The number of allylic oxidation sites excluding steroid dienone is 2. The minimum atomic E-state index is -1.37. The first-order valence-corrected chi connectivity index (χ1v) is 12.5. The number of benzene rings is 3. The molecule has 0 amide bonds. The molecule has 0 aliphatic carbocycles. The maximum Gasteiger partial charge on any atom is 0.335 e. The van der Waals surface area contributed by atoms with E-state index in [9.17, 15) is 34.8 Å². The van der Waals surface area contributed by atoms with Gasteiger partial charge in [-0.05, 0) is 72.2 Å². The first-order valence-electron chi connectivity index (χ1n) is 12.5. The Bertz CT molecular complexity index is 1380. The molecule has 0 heterocycles. The highest BCUT2D eigenvalue weighted by Gasteiger charge is 2.34. The molecule has 214 valence electrons. The second-order valence-corrected chi connectivity index (χ2v) is 9.06. The van der Waals surface area contributed by atoms with Crippen molar-refractivity contribution in [3.05, 3.63) is 95.1 Å². The molecule has 0 aromatic heterocycles. The Morgan fingerprint density at radius 1 is 0.780 bits per heavy atom. The Kier molecular flexibility index (Phi) is 10.4. The second-order valence-electron chi connectivity index (χ2n) is 9.06. The molecule has 0 saturated heterocycles. The van der Waals surface area contributed by atoms with Crippen LogP contribution in [0.15, 0.2) is 72.8 Å². The molecule has 2 atom stereocenters. The van der Waals surface area contributed by atoms with Crippen molar-refractivity contribution in [3.8, 4) is 23.0 Å². The Hall–Kier alpha value is -4.93. The summed E-state index contributed by atoms with van der Waals surface area (Å²) in [7, 11) is 2.78. The van der Waals surface area contributed by atoms with Crippen molar-refractivity contribution in [1.82, 2.24) is 5.32 Å². The number of hydrogen-bond acceptors (Lipinski definition) is 9. The summed E-state index contributed by atoms with van der Waals surface area (Å²) in [5.74, 6) is -3.47. The number of aromatic hydroxyl groups is 2. The van der Waals surface area contributed by atoms with Crippen LogP contribution in [0.5, 0.6) is 23.0 Å². The zero-order valence-corrected chi connectivity index (χ0v) is 22.6. The summed E-state index contributed by atoms with van der Waals surface area (Å²) < 4.78 is 10.2. The third-order valence-electron chi connectivity index (χ3n) is 6.17. The molecular weight excluding hydrogens is 530 g/mol. The van der Waals surface area contributed by atoms with E-state index in [0.717, 1.165) is 0 Å². The summed E-state index contributed by atoms with van der Waals surface area (Å²) in [6, 6.07) is 13.6. The van der Waals surface area contributed by atoms with Gasteiger partial charge < -0.3 is 29.9 Å². The average Bonchev–Trinajstić information content (AvgIpc) is 2.95. The SMILES string of the molecule is COc1cc(C=CC(=O)C(C(=O)C=Cc2ccc(O)c(OC)c2)C(NC(C)O)c2ccc(C(=O)O)cc2)ccc1O. The van der Waals surface area contributed by atoms with Crippen molar-refractivity contribution in [2.24, 2.45) is 5.92 Å². The van der Waals surface area contributed by atoms with Crippen LogP contribution in [0.4, 0.5) is 0 Å². The molecule has 0 fully saturated rings. The van der Waals surface area contributed by atoms with Gasteiger partial charge in [0.05, 0.1) is 25.8 Å². The number of rotatable bonds is 13. The number of aliphatic hydroxyl groups is 1. The first kappa shape index (κ1) is 30.6. The van der Waals surface area contributed by atoms with E-state index in [1.807, 2.05) is 0 Å². The quantitative estimate of drug-likeness (QED) is 0.117. The normalized spacial score (nSPS) is 13.6. The number of carboxylic acids is 1. The molecule has 0 spiro atoms. The summed E-state index contributed by atoms with van der Waals surface area (Å²) >= 11 is 0. The number of aliphatic hydroxyl groups excluding tert-OH is 1. The third-order valence-corrected chi connectivity index (χ3v) is 6.17. The third kappa shape index (κ3) is 8.04. The lowest BCUT2D eigenvalue weighted by atomic mass is 9.84. The molecular formula is C31H31NO9. The van der Waals surface area contributed by atoms with Crippen molar-refractivity contribution in [2.45, 2.75) is 19.2 Å². The summed E-state index contributed by atoms with van der Waals surface area (Å²) in [6.45, 7) is 1.43. The van der Waals surface area contributed by atoms with Gasteiger partial charge in [-0.3, -0.25) is 14.9 Å². The van der Waals surface area contributed by atoms with Crippen molar-refractivity contribution in [3.63, 3.8) is 0 Å². The lowest BCUT2D eigenvalue weighted by molar-refractivity contribution is -0.129. The van der Waals surface area contributed by atoms with Crippen LogP contribution in [-0.2, 0) is 9.59 Å². The Balaban J connectivity index is 2.04. The van der Waals surface area contributed by atoms with Gasteiger partial charge in [-0.2, -0.15) is 0 Å². The van der Waals surface area contributed by atoms with E-state index in [1.165, 1.54) is 94.0 Å². The lowest BCUT2D eigenvalue weighted by Gasteiger charge is -2.27. The van der Waals surface area contributed by atoms with Crippen LogP contribution >= 0.6 is 0 Å². The number of aromatic carboxylic acids is 1. The maximum absolute atomic E-state index is 13.6. The van der Waals surface area contributed by atoms with E-state index in [0.29, 0.717) is 16.7 Å².